The summed E-state index contributed by atoms with van der Waals surface area (Å²) in [4.78, 5) is 11.3. The average molecular weight is 251 g/mol. The Morgan fingerprint density at radius 3 is 2.61 bits per heavy atom. The molecule has 1 unspecified atom stereocenters. The monoisotopic (exact) mass is 251 g/mol. The van der Waals surface area contributed by atoms with Gasteiger partial charge >= 0.3 is 0 Å². The average Bonchev–Trinajstić information content (AvgIpc) is 2.35. The molecule has 2 N–H and O–H groups in total. The molecule has 0 aliphatic carbocycles. The number of benzene rings is 1. The maximum atomic E-state index is 11.3. The zero-order valence-electron chi connectivity index (χ0n) is 10.5. The maximum Gasteiger partial charge on any atom is 0.248 e. The van der Waals surface area contributed by atoms with Crippen molar-refractivity contribution in [1.29, 1.82) is 0 Å². The summed E-state index contributed by atoms with van der Waals surface area (Å²) in [5, 5.41) is 11.8. The lowest BCUT2D eigenvalue weighted by Gasteiger charge is -2.20. The summed E-state index contributed by atoms with van der Waals surface area (Å²) >= 11 is 0. The van der Waals surface area contributed by atoms with Gasteiger partial charge in [0.05, 0.1) is 0 Å². The quantitative estimate of drug-likeness (QED) is 0.832. The number of fused-ring (bicyclic) bond motifs is 1. The van der Waals surface area contributed by atoms with Crippen molar-refractivity contribution >= 4 is 5.91 Å². The number of aryl methyl sites for hydroxylation is 1. The minimum absolute atomic E-state index is 0.367. The first-order chi connectivity index (χ1) is 8.58. The highest BCUT2D eigenvalue weighted by Gasteiger charge is 2.15. The molecule has 1 atom stereocenters. The lowest BCUT2D eigenvalue weighted by molar-refractivity contribution is -0.128. The Morgan fingerprint density at radius 1 is 1.39 bits per heavy atom. The summed E-state index contributed by atoms with van der Waals surface area (Å²) < 4.78 is 11.0. The van der Waals surface area contributed by atoms with Crippen molar-refractivity contribution in [2.75, 3.05) is 13.2 Å². The molecule has 0 fully saturated rings. The standard InChI is InChI=1S/C13H17NO4/c1-8-5-11-12(18-4-3-17-11)6-10(8)7-14-13(16)9(2)15/h5-6,9,15H,3-4,7H2,1-2H3,(H,14,16). The van der Waals surface area contributed by atoms with Crippen LogP contribution < -0.4 is 14.8 Å². The Kier molecular flexibility index (Phi) is 3.72. The Balaban J connectivity index is 2.11. The highest BCUT2D eigenvalue weighted by molar-refractivity contribution is 5.80. The van der Waals surface area contributed by atoms with Gasteiger partial charge in [-0.1, -0.05) is 0 Å². The van der Waals surface area contributed by atoms with Crippen LogP contribution in [0, 0.1) is 6.92 Å². The summed E-state index contributed by atoms with van der Waals surface area (Å²) in [6.07, 6.45) is -0.998. The van der Waals surface area contributed by atoms with Crippen LogP contribution in [0.1, 0.15) is 18.1 Å². The molecule has 0 saturated carbocycles. The van der Waals surface area contributed by atoms with E-state index in [2.05, 4.69) is 5.32 Å². The first kappa shape index (κ1) is 12.7. The second-order valence-electron chi connectivity index (χ2n) is 4.32. The first-order valence-corrected chi connectivity index (χ1v) is 5.93. The molecule has 5 heteroatoms. The van der Waals surface area contributed by atoms with Gasteiger partial charge in [0.25, 0.3) is 0 Å². The molecule has 5 nitrogen and oxygen atoms in total. The van der Waals surface area contributed by atoms with Crippen LogP contribution in [0.25, 0.3) is 0 Å². The zero-order valence-corrected chi connectivity index (χ0v) is 10.5. The fourth-order valence-corrected chi connectivity index (χ4v) is 1.75. The van der Waals surface area contributed by atoms with Crippen molar-refractivity contribution < 1.29 is 19.4 Å². The van der Waals surface area contributed by atoms with Gasteiger partial charge in [0.2, 0.25) is 5.91 Å². The van der Waals surface area contributed by atoms with Crippen molar-refractivity contribution in [2.45, 2.75) is 26.5 Å². The molecule has 0 aromatic heterocycles. The Morgan fingerprint density at radius 2 is 2.00 bits per heavy atom. The molecule has 1 aromatic carbocycles. The second-order valence-corrected chi connectivity index (χ2v) is 4.32. The van der Waals surface area contributed by atoms with Crippen molar-refractivity contribution in [3.63, 3.8) is 0 Å². The fourth-order valence-electron chi connectivity index (χ4n) is 1.75. The third-order valence-corrected chi connectivity index (χ3v) is 2.83. The van der Waals surface area contributed by atoms with E-state index < -0.39 is 6.10 Å². The molecule has 18 heavy (non-hydrogen) atoms. The van der Waals surface area contributed by atoms with E-state index in [0.29, 0.717) is 25.5 Å². The third-order valence-electron chi connectivity index (χ3n) is 2.83. The number of hydrogen-bond acceptors (Lipinski definition) is 4. The van der Waals surface area contributed by atoms with Crippen LogP contribution in [0.3, 0.4) is 0 Å². The zero-order chi connectivity index (χ0) is 13.1. The normalized spacial score (nSPS) is 15.1. The summed E-state index contributed by atoms with van der Waals surface area (Å²) in [6, 6.07) is 3.77. The van der Waals surface area contributed by atoms with Crippen molar-refractivity contribution in [2.24, 2.45) is 0 Å². The molecule has 0 spiro atoms. The molecule has 1 heterocycles. The second kappa shape index (κ2) is 5.27. The van der Waals surface area contributed by atoms with Gasteiger partial charge in [0.15, 0.2) is 11.5 Å². The number of hydrogen-bond donors (Lipinski definition) is 2. The molecule has 1 aliphatic rings. The Bertz CT molecular complexity index is 457. The van der Waals surface area contributed by atoms with E-state index in [0.717, 1.165) is 16.9 Å². The topological polar surface area (TPSA) is 67.8 Å². The Hall–Kier alpha value is -1.75. The molecule has 1 amide bonds. The Labute approximate surface area is 106 Å². The van der Waals surface area contributed by atoms with E-state index in [4.69, 9.17) is 14.6 Å². The van der Waals surface area contributed by atoms with E-state index in [1.807, 2.05) is 19.1 Å². The van der Waals surface area contributed by atoms with E-state index in [1.165, 1.54) is 6.92 Å². The van der Waals surface area contributed by atoms with Gasteiger partial charge in [-0.25, -0.2) is 0 Å². The van der Waals surface area contributed by atoms with E-state index in [-0.39, 0.29) is 5.91 Å². The lowest BCUT2D eigenvalue weighted by atomic mass is 10.1. The molecule has 2 rings (SSSR count). The number of ether oxygens (including phenoxy) is 2. The van der Waals surface area contributed by atoms with Gasteiger partial charge in [0.1, 0.15) is 19.3 Å². The maximum absolute atomic E-state index is 11.3. The van der Waals surface area contributed by atoms with Crippen LogP contribution in [0.5, 0.6) is 11.5 Å². The molecular weight excluding hydrogens is 234 g/mol. The largest absolute Gasteiger partial charge is 0.486 e. The van der Waals surface area contributed by atoms with Gasteiger partial charge < -0.3 is 19.9 Å². The molecular formula is C13H17NO4. The molecule has 98 valence electrons. The smallest absolute Gasteiger partial charge is 0.248 e. The minimum atomic E-state index is -0.998. The summed E-state index contributed by atoms with van der Waals surface area (Å²) in [5.41, 5.74) is 1.97. The third kappa shape index (κ3) is 2.73. The fraction of sp³-hybridized carbons (Fsp3) is 0.462. The van der Waals surface area contributed by atoms with Gasteiger partial charge in [-0.05, 0) is 37.1 Å². The van der Waals surface area contributed by atoms with Crippen molar-refractivity contribution in [3.05, 3.63) is 23.3 Å². The van der Waals surface area contributed by atoms with Crippen LogP contribution in [-0.2, 0) is 11.3 Å². The number of aliphatic hydroxyl groups is 1. The van der Waals surface area contributed by atoms with E-state index >= 15 is 0 Å². The lowest BCUT2D eigenvalue weighted by Crippen LogP contribution is -2.32. The molecule has 1 aromatic rings. The number of carbonyl (C=O) groups is 1. The molecule has 1 aliphatic heterocycles. The predicted molar refractivity (Wildman–Crippen MR) is 65.7 cm³/mol. The van der Waals surface area contributed by atoms with E-state index in [1.54, 1.807) is 0 Å². The van der Waals surface area contributed by atoms with Crippen LogP contribution in [0.15, 0.2) is 12.1 Å². The SMILES string of the molecule is Cc1cc2c(cc1CNC(=O)C(C)O)OCCO2. The van der Waals surface area contributed by atoms with E-state index in [9.17, 15) is 4.79 Å². The van der Waals surface area contributed by atoms with Crippen molar-refractivity contribution in [3.8, 4) is 11.5 Å². The summed E-state index contributed by atoms with van der Waals surface area (Å²) in [7, 11) is 0. The van der Waals surface area contributed by atoms with Gasteiger partial charge in [-0.2, -0.15) is 0 Å². The van der Waals surface area contributed by atoms with Gasteiger partial charge in [-0.15, -0.1) is 0 Å². The predicted octanol–water partition coefficient (Wildman–Crippen LogP) is 0.763. The van der Waals surface area contributed by atoms with Crippen LogP contribution in [0.4, 0.5) is 0 Å². The van der Waals surface area contributed by atoms with Crippen molar-refractivity contribution in [1.82, 2.24) is 5.32 Å². The van der Waals surface area contributed by atoms with Crippen LogP contribution in [-0.4, -0.2) is 30.3 Å². The molecule has 0 saturated heterocycles. The minimum Gasteiger partial charge on any atom is -0.486 e. The van der Waals surface area contributed by atoms with Crippen LogP contribution in [0.2, 0.25) is 0 Å². The first-order valence-electron chi connectivity index (χ1n) is 5.93. The highest BCUT2D eigenvalue weighted by Crippen LogP contribution is 2.32. The molecule has 0 radical (unpaired) electrons. The number of carbonyl (C=O) groups excluding carboxylic acids is 1. The molecule has 0 bridgehead atoms. The highest BCUT2D eigenvalue weighted by atomic mass is 16.6. The summed E-state index contributed by atoms with van der Waals surface area (Å²) in [5.74, 6) is 1.06. The number of aliphatic hydroxyl groups excluding tert-OH is 1. The van der Waals surface area contributed by atoms with Gasteiger partial charge in [-0.3, -0.25) is 4.79 Å². The number of nitrogens with one attached hydrogen (secondary N) is 1. The van der Waals surface area contributed by atoms with Gasteiger partial charge in [0, 0.05) is 6.54 Å². The number of rotatable bonds is 3. The van der Waals surface area contributed by atoms with Crippen LogP contribution >= 0.6 is 0 Å². The summed E-state index contributed by atoms with van der Waals surface area (Å²) in [6.45, 7) is 4.85. The number of amides is 1.